The molecule has 9 nitrogen and oxygen atoms in total. The van der Waals surface area contributed by atoms with Gasteiger partial charge in [0.2, 0.25) is 5.91 Å². The molecule has 9 heteroatoms. The number of hydrogen-bond donors (Lipinski definition) is 1. The molecule has 0 aromatic heterocycles. The summed E-state index contributed by atoms with van der Waals surface area (Å²) in [4.78, 5) is 26.5. The van der Waals surface area contributed by atoms with E-state index in [1.165, 1.54) is 13.2 Å². The number of allylic oxidation sites excluding steroid dienone is 1. The van der Waals surface area contributed by atoms with Gasteiger partial charge in [0, 0.05) is 6.08 Å². The van der Waals surface area contributed by atoms with E-state index in [1.54, 1.807) is 64.3 Å². The molecule has 0 saturated carbocycles. The van der Waals surface area contributed by atoms with Crippen LogP contribution in [-0.2, 0) is 9.53 Å². The lowest BCUT2D eigenvalue weighted by molar-refractivity contribution is -0.117. The standard InChI is InChI=1S/C26H31N3O6/c1-7-34-23-15-18(9-11-22(23)33-6)19(12-13-27)17-8-10-21(32-5)20(14-17)29(24(30)16-28)25(31)35-26(2,3)4/h8-12,14-15H,7,16,28H2,1-6H3. The van der Waals surface area contributed by atoms with Crippen molar-refractivity contribution in [3.05, 3.63) is 53.6 Å². The number of nitrogens with zero attached hydrogens (tertiary/aromatic N) is 2. The smallest absolute Gasteiger partial charge is 0.421 e. The highest BCUT2D eigenvalue weighted by atomic mass is 16.6. The van der Waals surface area contributed by atoms with E-state index in [-0.39, 0.29) is 11.4 Å². The van der Waals surface area contributed by atoms with Crippen LogP contribution in [-0.4, -0.2) is 45.0 Å². The quantitative estimate of drug-likeness (QED) is 0.554. The summed E-state index contributed by atoms with van der Waals surface area (Å²) in [7, 11) is 2.96. The highest BCUT2D eigenvalue weighted by molar-refractivity contribution is 6.14. The first-order valence-electron chi connectivity index (χ1n) is 11.0. The molecule has 0 radical (unpaired) electrons. The molecule has 0 unspecified atom stereocenters. The Balaban J connectivity index is 2.69. The number of methoxy groups -OCH3 is 2. The highest BCUT2D eigenvalue weighted by Gasteiger charge is 2.30. The van der Waals surface area contributed by atoms with Crippen molar-refractivity contribution in [1.82, 2.24) is 0 Å². The molecule has 0 atom stereocenters. The van der Waals surface area contributed by atoms with Crippen LogP contribution in [0.3, 0.4) is 0 Å². The molecule has 0 bridgehead atoms. The first kappa shape index (κ1) is 27.2. The molecule has 0 aliphatic rings. The van der Waals surface area contributed by atoms with Gasteiger partial charge in [0.05, 0.1) is 39.1 Å². The van der Waals surface area contributed by atoms with E-state index >= 15 is 0 Å². The van der Waals surface area contributed by atoms with Gasteiger partial charge in [-0.3, -0.25) is 4.79 Å². The van der Waals surface area contributed by atoms with E-state index in [9.17, 15) is 14.9 Å². The summed E-state index contributed by atoms with van der Waals surface area (Å²) in [6, 6.07) is 12.2. The normalized spacial score (nSPS) is 11.3. The Labute approximate surface area is 205 Å². The van der Waals surface area contributed by atoms with Crippen molar-refractivity contribution >= 4 is 23.3 Å². The molecule has 0 spiro atoms. The minimum atomic E-state index is -0.891. The molecule has 0 saturated heterocycles. The Bertz CT molecular complexity index is 1140. The van der Waals surface area contributed by atoms with Gasteiger partial charge < -0.3 is 24.7 Å². The van der Waals surface area contributed by atoms with Crippen molar-refractivity contribution in [3.8, 4) is 23.3 Å². The number of nitriles is 1. The third kappa shape index (κ3) is 6.74. The van der Waals surface area contributed by atoms with E-state index in [1.807, 2.05) is 6.92 Å². The minimum Gasteiger partial charge on any atom is -0.495 e. The van der Waals surface area contributed by atoms with Crippen LogP contribution >= 0.6 is 0 Å². The topological polar surface area (TPSA) is 124 Å². The molecule has 186 valence electrons. The molecule has 2 rings (SSSR count). The summed E-state index contributed by atoms with van der Waals surface area (Å²) in [6.07, 6.45) is 0.475. The number of rotatable bonds is 8. The average Bonchev–Trinajstić information content (AvgIpc) is 2.81. The molecule has 2 N–H and O–H groups in total. The van der Waals surface area contributed by atoms with Gasteiger partial charge in [0.1, 0.15) is 11.4 Å². The van der Waals surface area contributed by atoms with Gasteiger partial charge in [-0.25, -0.2) is 9.69 Å². The Morgan fingerprint density at radius 3 is 2.14 bits per heavy atom. The van der Waals surface area contributed by atoms with Gasteiger partial charge in [0.25, 0.3) is 0 Å². The molecule has 2 amide bonds. The zero-order chi connectivity index (χ0) is 26.2. The van der Waals surface area contributed by atoms with Gasteiger partial charge in [-0.2, -0.15) is 5.26 Å². The number of carbonyl (C=O) groups excluding carboxylic acids is 2. The summed E-state index contributed by atoms with van der Waals surface area (Å²) in [6.45, 7) is 6.93. The number of imide groups is 1. The van der Waals surface area contributed by atoms with Crippen LogP contribution in [0.4, 0.5) is 10.5 Å². The Kier molecular flexibility index (Phi) is 9.26. The van der Waals surface area contributed by atoms with Crippen molar-refractivity contribution < 1.29 is 28.5 Å². The lowest BCUT2D eigenvalue weighted by Crippen LogP contribution is -2.44. The van der Waals surface area contributed by atoms with Gasteiger partial charge >= 0.3 is 6.09 Å². The van der Waals surface area contributed by atoms with E-state index in [2.05, 4.69) is 6.07 Å². The first-order valence-corrected chi connectivity index (χ1v) is 11.0. The summed E-state index contributed by atoms with van der Waals surface area (Å²) in [5.41, 5.74) is 6.63. The molecule has 2 aromatic rings. The molecule has 35 heavy (non-hydrogen) atoms. The second kappa shape index (κ2) is 11.9. The van der Waals surface area contributed by atoms with Gasteiger partial charge in [-0.05, 0) is 68.7 Å². The van der Waals surface area contributed by atoms with Gasteiger partial charge in [-0.1, -0.05) is 12.1 Å². The van der Waals surface area contributed by atoms with E-state index in [0.29, 0.717) is 34.8 Å². The zero-order valence-electron chi connectivity index (χ0n) is 20.9. The maximum Gasteiger partial charge on any atom is 0.421 e. The van der Waals surface area contributed by atoms with Crippen LogP contribution in [0.15, 0.2) is 42.5 Å². The van der Waals surface area contributed by atoms with Crippen LogP contribution < -0.4 is 24.8 Å². The Hall–Kier alpha value is -4.03. The fraction of sp³-hybridized carbons (Fsp3) is 0.346. The van der Waals surface area contributed by atoms with Crippen LogP contribution in [0, 0.1) is 11.3 Å². The Morgan fingerprint density at radius 1 is 1.03 bits per heavy atom. The maximum absolute atomic E-state index is 13.0. The second-order valence-electron chi connectivity index (χ2n) is 8.29. The van der Waals surface area contributed by atoms with E-state index < -0.39 is 24.1 Å². The van der Waals surface area contributed by atoms with Crippen LogP contribution in [0.25, 0.3) is 5.57 Å². The van der Waals surface area contributed by atoms with Crippen LogP contribution in [0.2, 0.25) is 0 Å². The molecular formula is C26H31N3O6. The highest BCUT2D eigenvalue weighted by Crippen LogP contribution is 2.37. The largest absolute Gasteiger partial charge is 0.495 e. The fourth-order valence-electron chi connectivity index (χ4n) is 3.28. The molecule has 0 heterocycles. The second-order valence-corrected chi connectivity index (χ2v) is 8.29. The number of anilines is 1. The van der Waals surface area contributed by atoms with E-state index in [4.69, 9.17) is 24.7 Å². The average molecular weight is 482 g/mol. The summed E-state index contributed by atoms with van der Waals surface area (Å²) < 4.78 is 21.9. The zero-order valence-corrected chi connectivity index (χ0v) is 20.9. The van der Waals surface area contributed by atoms with Crippen molar-refractivity contribution in [2.24, 2.45) is 5.73 Å². The van der Waals surface area contributed by atoms with Gasteiger partial charge in [-0.15, -0.1) is 0 Å². The molecule has 0 aliphatic carbocycles. The molecule has 2 aromatic carbocycles. The third-order valence-corrected chi connectivity index (χ3v) is 4.71. The van der Waals surface area contributed by atoms with E-state index in [0.717, 1.165) is 4.90 Å². The lowest BCUT2D eigenvalue weighted by Gasteiger charge is -2.27. The Morgan fingerprint density at radius 2 is 1.63 bits per heavy atom. The van der Waals surface area contributed by atoms with Crippen molar-refractivity contribution in [2.75, 3.05) is 32.3 Å². The number of amides is 2. The number of benzene rings is 2. The first-order chi connectivity index (χ1) is 16.6. The number of carbonyl (C=O) groups is 2. The van der Waals surface area contributed by atoms with Crippen LogP contribution in [0.1, 0.15) is 38.8 Å². The molecule has 0 fully saturated rings. The summed E-state index contributed by atoms with van der Waals surface area (Å²) >= 11 is 0. The van der Waals surface area contributed by atoms with Crippen molar-refractivity contribution in [2.45, 2.75) is 33.3 Å². The number of hydrogen-bond acceptors (Lipinski definition) is 8. The predicted octanol–water partition coefficient (Wildman–Crippen LogP) is 4.28. The molecule has 0 aliphatic heterocycles. The third-order valence-electron chi connectivity index (χ3n) is 4.71. The number of nitrogens with two attached hydrogens (primary N) is 1. The fourth-order valence-corrected chi connectivity index (χ4v) is 3.28. The molecular weight excluding hydrogens is 450 g/mol. The van der Waals surface area contributed by atoms with Crippen LogP contribution in [0.5, 0.6) is 17.2 Å². The summed E-state index contributed by atoms with van der Waals surface area (Å²) in [5, 5.41) is 9.49. The maximum atomic E-state index is 13.0. The van der Waals surface area contributed by atoms with Crippen molar-refractivity contribution in [3.63, 3.8) is 0 Å². The lowest BCUT2D eigenvalue weighted by atomic mass is 9.96. The van der Waals surface area contributed by atoms with Crippen molar-refractivity contribution in [1.29, 1.82) is 5.26 Å². The number of ether oxygens (including phenoxy) is 4. The minimum absolute atomic E-state index is 0.136. The summed E-state index contributed by atoms with van der Waals surface area (Å²) in [5.74, 6) is 0.636. The predicted molar refractivity (Wildman–Crippen MR) is 133 cm³/mol. The monoisotopic (exact) mass is 481 g/mol. The SMILES string of the molecule is CCOc1cc(C(=CC#N)c2ccc(OC)c(N(C(=O)CN)C(=O)OC(C)(C)C)c2)ccc1OC. The van der Waals surface area contributed by atoms with Gasteiger partial charge in [0.15, 0.2) is 11.5 Å².